The van der Waals surface area contributed by atoms with Gasteiger partial charge in [0.2, 0.25) is 0 Å². The number of hydrogen-bond donors (Lipinski definition) is 1. The monoisotopic (exact) mass is 176 g/mol. The summed E-state index contributed by atoms with van der Waals surface area (Å²) in [5.74, 6) is 0. The van der Waals surface area contributed by atoms with Gasteiger partial charge >= 0.3 is 0 Å². The predicted molar refractivity (Wildman–Crippen MR) is 49.0 cm³/mol. The van der Waals surface area contributed by atoms with E-state index >= 15 is 0 Å². The van der Waals surface area contributed by atoms with Crippen LogP contribution in [0.25, 0.3) is 0 Å². The van der Waals surface area contributed by atoms with Crippen LogP contribution < -0.4 is 0 Å². The van der Waals surface area contributed by atoms with Gasteiger partial charge in [0.05, 0.1) is 12.5 Å². The summed E-state index contributed by atoms with van der Waals surface area (Å²) in [6, 6.07) is 5.83. The van der Waals surface area contributed by atoms with Gasteiger partial charge in [0, 0.05) is 18.5 Å². The van der Waals surface area contributed by atoms with Gasteiger partial charge in [0.25, 0.3) is 0 Å². The van der Waals surface area contributed by atoms with E-state index in [9.17, 15) is 0 Å². The van der Waals surface area contributed by atoms with Crippen molar-refractivity contribution in [2.24, 2.45) is 0 Å². The van der Waals surface area contributed by atoms with Crippen LogP contribution in [0.5, 0.6) is 0 Å². The highest BCUT2D eigenvalue weighted by Crippen LogP contribution is 2.07. The Hall–Kier alpha value is -1.40. The molecule has 3 heteroatoms. The molecule has 0 saturated carbocycles. The van der Waals surface area contributed by atoms with Gasteiger partial charge in [0.15, 0.2) is 0 Å². The molecule has 0 saturated heterocycles. The van der Waals surface area contributed by atoms with Gasteiger partial charge < -0.3 is 5.11 Å². The van der Waals surface area contributed by atoms with E-state index in [0.29, 0.717) is 12.8 Å². The molecule has 1 aromatic rings. The number of hydrogen-bond acceptors (Lipinski definition) is 3. The lowest BCUT2D eigenvalue weighted by molar-refractivity contribution is 0.288. The average molecular weight is 176 g/mol. The number of nitriles is 1. The van der Waals surface area contributed by atoms with Gasteiger partial charge in [-0.05, 0) is 24.5 Å². The Balaban J connectivity index is 2.73. The summed E-state index contributed by atoms with van der Waals surface area (Å²) in [6.07, 6.45) is 3.56. The molecule has 1 heterocycles. The first kappa shape index (κ1) is 9.69. The van der Waals surface area contributed by atoms with E-state index < -0.39 is 0 Å². The molecule has 0 fully saturated rings. The van der Waals surface area contributed by atoms with Gasteiger partial charge in [-0.1, -0.05) is 6.07 Å². The van der Waals surface area contributed by atoms with Crippen molar-refractivity contribution >= 4 is 0 Å². The minimum absolute atomic E-state index is 0.169. The van der Waals surface area contributed by atoms with Crippen molar-refractivity contribution in [1.29, 1.82) is 5.26 Å². The van der Waals surface area contributed by atoms with Crippen LogP contribution in [0.15, 0.2) is 18.3 Å². The molecular formula is C10H12N2O. The van der Waals surface area contributed by atoms with Gasteiger partial charge in [-0.2, -0.15) is 5.26 Å². The molecule has 0 radical (unpaired) electrons. The zero-order valence-electron chi connectivity index (χ0n) is 7.40. The van der Waals surface area contributed by atoms with E-state index in [4.69, 9.17) is 10.4 Å². The minimum atomic E-state index is 0.169. The summed E-state index contributed by atoms with van der Waals surface area (Å²) in [6.45, 7) is 0.169. The van der Waals surface area contributed by atoms with Crippen molar-refractivity contribution < 1.29 is 5.11 Å². The fourth-order valence-electron chi connectivity index (χ4n) is 1.19. The fourth-order valence-corrected chi connectivity index (χ4v) is 1.19. The van der Waals surface area contributed by atoms with Crippen LogP contribution >= 0.6 is 0 Å². The molecule has 3 nitrogen and oxygen atoms in total. The van der Waals surface area contributed by atoms with Crippen LogP contribution in [0.1, 0.15) is 17.7 Å². The highest BCUT2D eigenvalue weighted by Gasteiger charge is 2.01. The number of aryl methyl sites for hydroxylation is 1. The van der Waals surface area contributed by atoms with E-state index in [2.05, 4.69) is 11.1 Å². The maximum atomic E-state index is 8.66. The van der Waals surface area contributed by atoms with Crippen LogP contribution in [-0.4, -0.2) is 16.7 Å². The maximum absolute atomic E-state index is 8.66. The van der Waals surface area contributed by atoms with Crippen LogP contribution in [0.2, 0.25) is 0 Å². The number of rotatable bonds is 4. The second-order valence-electron chi connectivity index (χ2n) is 2.77. The molecule has 68 valence electrons. The van der Waals surface area contributed by atoms with Crippen molar-refractivity contribution in [1.82, 2.24) is 4.98 Å². The molecule has 0 aromatic carbocycles. The van der Waals surface area contributed by atoms with Crippen molar-refractivity contribution in [2.75, 3.05) is 6.61 Å². The van der Waals surface area contributed by atoms with E-state index in [1.54, 1.807) is 6.20 Å². The summed E-state index contributed by atoms with van der Waals surface area (Å²) in [5, 5.41) is 17.2. The van der Waals surface area contributed by atoms with Gasteiger partial charge in [-0.25, -0.2) is 0 Å². The lowest BCUT2D eigenvalue weighted by Crippen LogP contribution is -1.98. The summed E-state index contributed by atoms with van der Waals surface area (Å²) in [4.78, 5) is 4.17. The Kier molecular flexibility index (Phi) is 3.94. The number of aromatic nitrogens is 1. The number of aliphatic hydroxyl groups is 1. The van der Waals surface area contributed by atoms with Gasteiger partial charge in [-0.3, -0.25) is 4.98 Å². The van der Waals surface area contributed by atoms with Crippen LogP contribution in [0.3, 0.4) is 0 Å². The summed E-state index contributed by atoms with van der Waals surface area (Å²) < 4.78 is 0. The molecule has 0 bridgehead atoms. The highest BCUT2D eigenvalue weighted by atomic mass is 16.2. The van der Waals surface area contributed by atoms with Crippen LogP contribution in [-0.2, 0) is 12.8 Å². The third-order valence-electron chi connectivity index (χ3n) is 1.83. The molecule has 1 rings (SSSR count). The van der Waals surface area contributed by atoms with E-state index in [0.717, 1.165) is 17.7 Å². The molecule has 1 aromatic heterocycles. The molecule has 13 heavy (non-hydrogen) atoms. The number of aliphatic hydroxyl groups excluding tert-OH is 1. The zero-order chi connectivity index (χ0) is 9.52. The lowest BCUT2D eigenvalue weighted by atomic mass is 10.1. The Bertz CT molecular complexity index is 304. The summed E-state index contributed by atoms with van der Waals surface area (Å²) in [5.41, 5.74) is 1.90. The molecule has 0 unspecified atom stereocenters. The predicted octanol–water partition coefficient (Wildman–Crippen LogP) is 1.07. The summed E-state index contributed by atoms with van der Waals surface area (Å²) >= 11 is 0. The third kappa shape index (κ3) is 2.85. The van der Waals surface area contributed by atoms with Crippen molar-refractivity contribution in [2.45, 2.75) is 19.3 Å². The second-order valence-corrected chi connectivity index (χ2v) is 2.77. The Morgan fingerprint density at radius 2 is 2.38 bits per heavy atom. The second kappa shape index (κ2) is 5.28. The first-order valence-corrected chi connectivity index (χ1v) is 4.29. The quantitative estimate of drug-likeness (QED) is 0.746. The molecule has 0 atom stereocenters. The standard InChI is InChI=1S/C10H12N2O/c11-6-5-9-3-1-7-12-10(9)4-2-8-13/h1,3,7,13H,2,4-5,8H2. The normalized spacial score (nSPS) is 9.54. The molecule has 0 aliphatic carbocycles. The van der Waals surface area contributed by atoms with Crippen LogP contribution in [0, 0.1) is 11.3 Å². The first-order valence-electron chi connectivity index (χ1n) is 4.29. The fraction of sp³-hybridized carbons (Fsp3) is 0.400. The molecule has 0 amide bonds. The van der Waals surface area contributed by atoms with Gasteiger partial charge in [-0.15, -0.1) is 0 Å². The topological polar surface area (TPSA) is 56.9 Å². The molecule has 1 N–H and O–H groups in total. The van der Waals surface area contributed by atoms with E-state index in [-0.39, 0.29) is 6.61 Å². The molecule has 0 aliphatic heterocycles. The zero-order valence-corrected chi connectivity index (χ0v) is 7.40. The van der Waals surface area contributed by atoms with E-state index in [1.165, 1.54) is 0 Å². The molecule has 0 aliphatic rings. The van der Waals surface area contributed by atoms with Gasteiger partial charge in [0.1, 0.15) is 0 Å². The largest absolute Gasteiger partial charge is 0.396 e. The van der Waals surface area contributed by atoms with E-state index in [1.807, 2.05) is 12.1 Å². The van der Waals surface area contributed by atoms with Crippen molar-refractivity contribution in [3.8, 4) is 6.07 Å². The highest BCUT2D eigenvalue weighted by molar-refractivity contribution is 5.22. The summed E-state index contributed by atoms with van der Waals surface area (Å²) in [7, 11) is 0. The van der Waals surface area contributed by atoms with Crippen molar-refractivity contribution in [3.63, 3.8) is 0 Å². The maximum Gasteiger partial charge on any atom is 0.0670 e. The van der Waals surface area contributed by atoms with Crippen LogP contribution in [0.4, 0.5) is 0 Å². The molecular weight excluding hydrogens is 164 g/mol. The Morgan fingerprint density at radius 1 is 1.54 bits per heavy atom. The number of nitrogens with zero attached hydrogens (tertiary/aromatic N) is 2. The Morgan fingerprint density at radius 3 is 3.08 bits per heavy atom. The smallest absolute Gasteiger partial charge is 0.0670 e. The minimum Gasteiger partial charge on any atom is -0.396 e. The molecule has 0 spiro atoms. The Labute approximate surface area is 77.7 Å². The third-order valence-corrected chi connectivity index (χ3v) is 1.83. The lowest BCUT2D eigenvalue weighted by Gasteiger charge is -2.03. The first-order chi connectivity index (χ1) is 6.38. The number of pyridine rings is 1. The SMILES string of the molecule is N#CCc1cccnc1CCCO. The average Bonchev–Trinajstić information content (AvgIpc) is 2.17. The van der Waals surface area contributed by atoms with Crippen molar-refractivity contribution in [3.05, 3.63) is 29.6 Å².